The Balaban J connectivity index is 2.23. The van der Waals surface area contributed by atoms with E-state index in [1.807, 2.05) is 20.2 Å². The van der Waals surface area contributed by atoms with E-state index in [-0.39, 0.29) is 11.9 Å². The number of rotatable bonds is 7. The van der Waals surface area contributed by atoms with E-state index < -0.39 is 0 Å². The number of amides is 1. The van der Waals surface area contributed by atoms with Gasteiger partial charge in [0.15, 0.2) is 0 Å². The lowest BCUT2D eigenvalue weighted by Crippen LogP contribution is -2.42. The largest absolute Gasteiger partial charge is 0.355 e. The first-order valence-corrected chi connectivity index (χ1v) is 6.47. The van der Waals surface area contributed by atoms with Crippen molar-refractivity contribution in [1.29, 1.82) is 0 Å². The highest BCUT2D eigenvalue weighted by Crippen LogP contribution is 1.98. The fourth-order valence-electron chi connectivity index (χ4n) is 1.56. The minimum atomic E-state index is -0.183. The van der Waals surface area contributed by atoms with E-state index in [0.717, 1.165) is 18.5 Å². The lowest BCUT2D eigenvalue weighted by Gasteiger charge is -2.14. The Morgan fingerprint density at radius 1 is 1.44 bits per heavy atom. The Kier molecular flexibility index (Phi) is 5.85. The molecule has 0 spiro atoms. The molecule has 0 aliphatic rings. The molecule has 102 valence electrons. The van der Waals surface area contributed by atoms with Crippen molar-refractivity contribution in [2.45, 2.75) is 39.8 Å². The third-order valence-electron chi connectivity index (χ3n) is 2.78. The maximum atomic E-state index is 11.8. The van der Waals surface area contributed by atoms with Crippen LogP contribution in [0.15, 0.2) is 12.4 Å². The molecule has 1 aromatic rings. The summed E-state index contributed by atoms with van der Waals surface area (Å²) in [5.74, 6) is 0.670. The summed E-state index contributed by atoms with van der Waals surface area (Å²) in [6.07, 6.45) is 4.76. The molecule has 1 amide bonds. The number of aryl methyl sites for hydroxylation is 1. The molecule has 1 unspecified atom stereocenters. The van der Waals surface area contributed by atoms with Crippen LogP contribution in [0, 0.1) is 5.92 Å². The normalized spacial score (nSPS) is 12.7. The van der Waals surface area contributed by atoms with Gasteiger partial charge in [-0.3, -0.25) is 9.48 Å². The summed E-state index contributed by atoms with van der Waals surface area (Å²) < 4.78 is 1.75. The van der Waals surface area contributed by atoms with Gasteiger partial charge in [0.05, 0.1) is 12.2 Å². The summed E-state index contributed by atoms with van der Waals surface area (Å²) in [6.45, 7) is 7.58. The maximum Gasteiger partial charge on any atom is 0.236 e. The summed E-state index contributed by atoms with van der Waals surface area (Å²) >= 11 is 0. The zero-order chi connectivity index (χ0) is 13.5. The molecule has 0 radical (unpaired) electrons. The maximum absolute atomic E-state index is 11.8. The first kappa shape index (κ1) is 14.7. The standard InChI is InChI=1S/C13H24N4O/c1-10(2)5-6-14-13(18)11(3)15-7-12-8-16-17(4)9-12/h8-11,15H,5-7H2,1-4H3,(H,14,18). The molecule has 0 aliphatic heterocycles. The fraction of sp³-hybridized carbons (Fsp3) is 0.692. The van der Waals surface area contributed by atoms with Crippen molar-refractivity contribution in [3.8, 4) is 0 Å². The second-order valence-electron chi connectivity index (χ2n) is 5.10. The van der Waals surface area contributed by atoms with Gasteiger partial charge in [-0.15, -0.1) is 0 Å². The van der Waals surface area contributed by atoms with Crippen molar-refractivity contribution in [3.05, 3.63) is 18.0 Å². The highest BCUT2D eigenvalue weighted by Gasteiger charge is 2.11. The minimum Gasteiger partial charge on any atom is -0.355 e. The van der Waals surface area contributed by atoms with Crippen LogP contribution in [0.5, 0.6) is 0 Å². The molecule has 5 nitrogen and oxygen atoms in total. The molecule has 18 heavy (non-hydrogen) atoms. The van der Waals surface area contributed by atoms with Crippen LogP contribution in [0.25, 0.3) is 0 Å². The summed E-state index contributed by atoms with van der Waals surface area (Å²) in [7, 11) is 1.88. The summed E-state index contributed by atoms with van der Waals surface area (Å²) in [6, 6.07) is -0.183. The van der Waals surface area contributed by atoms with E-state index in [4.69, 9.17) is 0 Å². The summed E-state index contributed by atoms with van der Waals surface area (Å²) in [4.78, 5) is 11.8. The highest BCUT2D eigenvalue weighted by atomic mass is 16.2. The van der Waals surface area contributed by atoms with Crippen molar-refractivity contribution < 1.29 is 4.79 Å². The van der Waals surface area contributed by atoms with Gasteiger partial charge in [0.1, 0.15) is 0 Å². The van der Waals surface area contributed by atoms with E-state index in [9.17, 15) is 4.79 Å². The fourth-order valence-corrected chi connectivity index (χ4v) is 1.56. The average molecular weight is 252 g/mol. The molecule has 0 aliphatic carbocycles. The SMILES string of the molecule is CC(C)CCNC(=O)C(C)NCc1cnn(C)c1. The van der Waals surface area contributed by atoms with Crippen LogP contribution >= 0.6 is 0 Å². The predicted octanol–water partition coefficient (Wildman–Crippen LogP) is 1.06. The molecule has 0 bridgehead atoms. The number of carbonyl (C=O) groups excluding carboxylic acids is 1. The molecule has 1 aromatic heterocycles. The molecular weight excluding hydrogens is 228 g/mol. The van der Waals surface area contributed by atoms with Crippen LogP contribution in [-0.2, 0) is 18.4 Å². The quantitative estimate of drug-likeness (QED) is 0.763. The van der Waals surface area contributed by atoms with Gasteiger partial charge in [-0.1, -0.05) is 13.8 Å². The third kappa shape index (κ3) is 5.31. The molecule has 0 fully saturated rings. The van der Waals surface area contributed by atoms with Crippen LogP contribution in [0.3, 0.4) is 0 Å². The van der Waals surface area contributed by atoms with Crippen LogP contribution in [0.1, 0.15) is 32.8 Å². The molecule has 0 saturated heterocycles. The summed E-state index contributed by atoms with van der Waals surface area (Å²) in [5, 5.41) is 10.2. The molecule has 1 heterocycles. The Bertz CT molecular complexity index is 373. The van der Waals surface area contributed by atoms with Gasteiger partial charge < -0.3 is 10.6 Å². The average Bonchev–Trinajstić information content (AvgIpc) is 2.71. The minimum absolute atomic E-state index is 0.0551. The number of carbonyl (C=O) groups is 1. The van der Waals surface area contributed by atoms with Gasteiger partial charge >= 0.3 is 0 Å². The van der Waals surface area contributed by atoms with E-state index >= 15 is 0 Å². The van der Waals surface area contributed by atoms with E-state index in [2.05, 4.69) is 29.6 Å². The Morgan fingerprint density at radius 2 is 2.17 bits per heavy atom. The topological polar surface area (TPSA) is 59.0 Å². The molecule has 5 heteroatoms. The van der Waals surface area contributed by atoms with Crippen molar-refractivity contribution in [1.82, 2.24) is 20.4 Å². The van der Waals surface area contributed by atoms with Crippen LogP contribution in [0.4, 0.5) is 0 Å². The lowest BCUT2D eigenvalue weighted by molar-refractivity contribution is -0.122. The van der Waals surface area contributed by atoms with Crippen molar-refractivity contribution in [2.24, 2.45) is 13.0 Å². The van der Waals surface area contributed by atoms with Gasteiger partial charge in [0.25, 0.3) is 0 Å². The number of nitrogens with zero attached hydrogens (tertiary/aromatic N) is 2. The number of aromatic nitrogens is 2. The van der Waals surface area contributed by atoms with Gasteiger partial charge in [0.2, 0.25) is 5.91 Å². The molecule has 0 aromatic carbocycles. The molecular formula is C13H24N4O. The van der Waals surface area contributed by atoms with E-state index in [0.29, 0.717) is 12.5 Å². The van der Waals surface area contributed by atoms with Crippen molar-refractivity contribution in [2.75, 3.05) is 6.54 Å². The van der Waals surface area contributed by atoms with Crippen LogP contribution in [-0.4, -0.2) is 28.3 Å². The second kappa shape index (κ2) is 7.16. The number of nitrogens with one attached hydrogen (secondary N) is 2. The Hall–Kier alpha value is -1.36. The Morgan fingerprint density at radius 3 is 2.72 bits per heavy atom. The third-order valence-corrected chi connectivity index (χ3v) is 2.78. The highest BCUT2D eigenvalue weighted by molar-refractivity contribution is 5.81. The first-order valence-electron chi connectivity index (χ1n) is 6.47. The zero-order valence-corrected chi connectivity index (χ0v) is 11.7. The van der Waals surface area contributed by atoms with Gasteiger partial charge in [-0.25, -0.2) is 0 Å². The van der Waals surface area contributed by atoms with Crippen LogP contribution < -0.4 is 10.6 Å². The number of hydrogen-bond acceptors (Lipinski definition) is 3. The van der Waals surface area contributed by atoms with Gasteiger partial charge in [-0.05, 0) is 19.3 Å². The smallest absolute Gasteiger partial charge is 0.236 e. The molecule has 1 rings (SSSR count). The van der Waals surface area contributed by atoms with Gasteiger partial charge in [0, 0.05) is 31.9 Å². The molecule has 2 N–H and O–H groups in total. The predicted molar refractivity (Wildman–Crippen MR) is 72.0 cm³/mol. The van der Waals surface area contributed by atoms with Gasteiger partial charge in [-0.2, -0.15) is 5.10 Å². The molecule has 0 saturated carbocycles. The van der Waals surface area contributed by atoms with Crippen molar-refractivity contribution in [3.63, 3.8) is 0 Å². The van der Waals surface area contributed by atoms with E-state index in [1.54, 1.807) is 10.9 Å². The zero-order valence-electron chi connectivity index (χ0n) is 11.7. The second-order valence-corrected chi connectivity index (χ2v) is 5.10. The van der Waals surface area contributed by atoms with Crippen molar-refractivity contribution >= 4 is 5.91 Å². The lowest BCUT2D eigenvalue weighted by atomic mass is 10.1. The monoisotopic (exact) mass is 252 g/mol. The number of hydrogen-bond donors (Lipinski definition) is 2. The molecule has 1 atom stereocenters. The van der Waals surface area contributed by atoms with E-state index in [1.165, 1.54) is 0 Å². The first-order chi connectivity index (χ1) is 8.49. The summed E-state index contributed by atoms with van der Waals surface area (Å²) in [5.41, 5.74) is 1.08. The van der Waals surface area contributed by atoms with Crippen LogP contribution in [0.2, 0.25) is 0 Å². The Labute approximate surface area is 109 Å².